The number of amides is 1. The molecule has 0 spiro atoms. The Bertz CT molecular complexity index is 912. The predicted octanol–water partition coefficient (Wildman–Crippen LogP) is 2.04. The molecule has 1 aromatic heterocycles. The normalized spacial score (nSPS) is 18.6. The molecule has 0 saturated carbocycles. The summed E-state index contributed by atoms with van der Waals surface area (Å²) in [6.45, 7) is 4.34. The molecule has 0 aliphatic carbocycles. The number of nitrogens with zero attached hydrogens (tertiary/aromatic N) is 4. The van der Waals surface area contributed by atoms with Gasteiger partial charge in [-0.25, -0.2) is 0 Å². The number of aromatic nitrogens is 3. The van der Waals surface area contributed by atoms with Gasteiger partial charge >= 0.3 is 0 Å². The van der Waals surface area contributed by atoms with Crippen molar-refractivity contribution in [2.45, 2.75) is 30.6 Å². The van der Waals surface area contributed by atoms with Gasteiger partial charge in [0.1, 0.15) is 11.5 Å². The monoisotopic (exact) mass is 463 g/mol. The zero-order chi connectivity index (χ0) is 22.3. The molecule has 0 radical (unpaired) electrons. The van der Waals surface area contributed by atoms with E-state index >= 15 is 0 Å². The number of hydrogen-bond donors (Lipinski definition) is 1. The predicted molar refractivity (Wildman–Crippen MR) is 121 cm³/mol. The second-order valence-electron chi connectivity index (χ2n) is 7.53. The van der Waals surface area contributed by atoms with E-state index < -0.39 is 0 Å². The summed E-state index contributed by atoms with van der Waals surface area (Å²) in [6, 6.07) is 5.27. The number of nitrogens with one attached hydrogen (secondary N) is 1. The van der Waals surface area contributed by atoms with E-state index in [4.69, 9.17) is 18.9 Å². The van der Waals surface area contributed by atoms with E-state index in [0.29, 0.717) is 42.1 Å². The van der Waals surface area contributed by atoms with Gasteiger partial charge in [0.2, 0.25) is 11.9 Å². The lowest BCUT2D eigenvalue weighted by molar-refractivity contribution is -0.113. The quantitative estimate of drug-likeness (QED) is 0.560. The van der Waals surface area contributed by atoms with Crippen molar-refractivity contribution >= 4 is 29.3 Å². The Morgan fingerprint density at radius 2 is 2.06 bits per heavy atom. The van der Waals surface area contributed by atoms with Crippen molar-refractivity contribution in [3.8, 4) is 11.5 Å². The van der Waals surface area contributed by atoms with Gasteiger partial charge < -0.3 is 29.2 Å². The summed E-state index contributed by atoms with van der Waals surface area (Å²) in [5.41, 5.74) is 0.591. The largest absolute Gasteiger partial charge is 0.497 e. The molecular formula is C21H29N5O5S. The van der Waals surface area contributed by atoms with Gasteiger partial charge in [-0.1, -0.05) is 11.8 Å². The Balaban J connectivity index is 1.44. The SMILES string of the molecule is COc1ccc(NC(=O)CSc2nnc(N3CCOCC3)n2CC2CCCO2)c(OC)c1. The van der Waals surface area contributed by atoms with Crippen LogP contribution in [0.3, 0.4) is 0 Å². The fourth-order valence-corrected chi connectivity index (χ4v) is 4.50. The van der Waals surface area contributed by atoms with Crippen LogP contribution in [0.2, 0.25) is 0 Å². The van der Waals surface area contributed by atoms with Crippen molar-refractivity contribution in [1.29, 1.82) is 0 Å². The van der Waals surface area contributed by atoms with Crippen molar-refractivity contribution in [2.24, 2.45) is 0 Å². The Kier molecular flexibility index (Phi) is 7.72. The van der Waals surface area contributed by atoms with Crippen LogP contribution in [0.5, 0.6) is 11.5 Å². The van der Waals surface area contributed by atoms with Gasteiger partial charge in [-0.15, -0.1) is 10.2 Å². The van der Waals surface area contributed by atoms with Crippen LogP contribution in [0.25, 0.3) is 0 Å². The molecule has 2 saturated heterocycles. The topological polar surface area (TPSA) is 100.0 Å². The number of carbonyl (C=O) groups excluding carboxylic acids is 1. The molecule has 2 aliphatic heterocycles. The molecule has 1 amide bonds. The van der Waals surface area contributed by atoms with Gasteiger partial charge in [0.15, 0.2) is 5.16 Å². The van der Waals surface area contributed by atoms with Crippen molar-refractivity contribution in [3.63, 3.8) is 0 Å². The highest BCUT2D eigenvalue weighted by molar-refractivity contribution is 7.99. The number of thioether (sulfide) groups is 1. The highest BCUT2D eigenvalue weighted by Crippen LogP contribution is 2.30. The zero-order valence-corrected chi connectivity index (χ0v) is 19.2. The molecule has 1 aromatic carbocycles. The summed E-state index contributed by atoms with van der Waals surface area (Å²) in [5, 5.41) is 12.4. The maximum Gasteiger partial charge on any atom is 0.234 e. The van der Waals surface area contributed by atoms with E-state index in [1.54, 1.807) is 32.4 Å². The number of carbonyl (C=O) groups is 1. The number of anilines is 2. The second-order valence-corrected chi connectivity index (χ2v) is 8.47. The first-order valence-corrected chi connectivity index (χ1v) is 11.7. The van der Waals surface area contributed by atoms with Crippen LogP contribution >= 0.6 is 11.8 Å². The average Bonchev–Trinajstić information content (AvgIpc) is 3.49. The lowest BCUT2D eigenvalue weighted by atomic mass is 10.2. The summed E-state index contributed by atoms with van der Waals surface area (Å²) in [4.78, 5) is 14.8. The third kappa shape index (κ3) is 5.45. The van der Waals surface area contributed by atoms with Gasteiger partial charge in [0.25, 0.3) is 0 Å². The number of benzene rings is 1. The van der Waals surface area contributed by atoms with Crippen molar-refractivity contribution in [1.82, 2.24) is 14.8 Å². The van der Waals surface area contributed by atoms with Crippen LogP contribution in [0.15, 0.2) is 23.4 Å². The molecule has 1 unspecified atom stereocenters. The number of morpholine rings is 1. The Labute approximate surface area is 191 Å². The van der Waals surface area contributed by atoms with E-state index in [2.05, 4.69) is 25.0 Å². The van der Waals surface area contributed by atoms with Gasteiger partial charge in [-0.05, 0) is 25.0 Å². The van der Waals surface area contributed by atoms with E-state index in [1.807, 2.05) is 0 Å². The molecule has 174 valence electrons. The minimum atomic E-state index is -0.155. The van der Waals surface area contributed by atoms with Crippen molar-refractivity contribution in [3.05, 3.63) is 18.2 Å². The zero-order valence-electron chi connectivity index (χ0n) is 18.4. The van der Waals surface area contributed by atoms with Gasteiger partial charge in [-0.3, -0.25) is 9.36 Å². The van der Waals surface area contributed by atoms with Crippen LogP contribution in [0.4, 0.5) is 11.6 Å². The Morgan fingerprint density at radius 3 is 2.78 bits per heavy atom. The molecule has 0 bridgehead atoms. The highest BCUT2D eigenvalue weighted by atomic mass is 32.2. The second kappa shape index (κ2) is 10.9. The maximum absolute atomic E-state index is 12.6. The molecule has 1 N–H and O–H groups in total. The van der Waals surface area contributed by atoms with Crippen LogP contribution in [0, 0.1) is 0 Å². The van der Waals surface area contributed by atoms with E-state index in [-0.39, 0.29) is 17.8 Å². The average molecular weight is 464 g/mol. The van der Waals surface area contributed by atoms with Gasteiger partial charge in [0.05, 0.1) is 51.5 Å². The molecule has 4 rings (SSSR count). The maximum atomic E-state index is 12.6. The first-order valence-electron chi connectivity index (χ1n) is 10.7. The van der Waals surface area contributed by atoms with Crippen LogP contribution in [-0.4, -0.2) is 79.7 Å². The minimum Gasteiger partial charge on any atom is -0.497 e. The molecule has 10 nitrogen and oxygen atoms in total. The fraction of sp³-hybridized carbons (Fsp3) is 0.571. The summed E-state index contributed by atoms with van der Waals surface area (Å²) in [7, 11) is 3.14. The molecule has 32 heavy (non-hydrogen) atoms. The Hall–Kier alpha value is -2.50. The third-order valence-electron chi connectivity index (χ3n) is 5.42. The first-order chi connectivity index (χ1) is 15.7. The van der Waals surface area contributed by atoms with E-state index in [9.17, 15) is 4.79 Å². The number of methoxy groups -OCH3 is 2. The van der Waals surface area contributed by atoms with Crippen LogP contribution < -0.4 is 19.7 Å². The van der Waals surface area contributed by atoms with Crippen molar-refractivity contribution in [2.75, 3.05) is 63.1 Å². The van der Waals surface area contributed by atoms with E-state index in [0.717, 1.165) is 38.5 Å². The van der Waals surface area contributed by atoms with Crippen LogP contribution in [0.1, 0.15) is 12.8 Å². The number of rotatable bonds is 9. The highest BCUT2D eigenvalue weighted by Gasteiger charge is 2.25. The summed E-state index contributed by atoms with van der Waals surface area (Å²) < 4.78 is 24.0. The van der Waals surface area contributed by atoms with Crippen LogP contribution in [-0.2, 0) is 20.8 Å². The van der Waals surface area contributed by atoms with Gasteiger partial charge in [-0.2, -0.15) is 0 Å². The Morgan fingerprint density at radius 1 is 1.22 bits per heavy atom. The molecular weight excluding hydrogens is 434 g/mol. The standard InChI is InChI=1S/C21H29N5O5S/c1-28-15-5-6-17(18(12-15)29-2)22-19(27)14-32-21-24-23-20(25-7-10-30-11-8-25)26(21)13-16-4-3-9-31-16/h5-6,12,16H,3-4,7-11,13-14H2,1-2H3,(H,22,27). The lowest BCUT2D eigenvalue weighted by Crippen LogP contribution is -2.38. The lowest BCUT2D eigenvalue weighted by Gasteiger charge is -2.28. The molecule has 2 aromatic rings. The summed E-state index contributed by atoms with van der Waals surface area (Å²) in [5.74, 6) is 2.05. The minimum absolute atomic E-state index is 0.141. The summed E-state index contributed by atoms with van der Waals surface area (Å²) in [6.07, 6.45) is 2.22. The molecule has 3 heterocycles. The third-order valence-corrected chi connectivity index (χ3v) is 6.38. The summed E-state index contributed by atoms with van der Waals surface area (Å²) >= 11 is 1.36. The van der Waals surface area contributed by atoms with Crippen molar-refractivity contribution < 1.29 is 23.7 Å². The molecule has 1 atom stereocenters. The van der Waals surface area contributed by atoms with E-state index in [1.165, 1.54) is 11.8 Å². The molecule has 2 aliphatic rings. The fourth-order valence-electron chi connectivity index (χ4n) is 3.75. The molecule has 11 heteroatoms. The number of ether oxygens (including phenoxy) is 4. The number of hydrogen-bond acceptors (Lipinski definition) is 9. The molecule has 2 fully saturated rings. The first kappa shape index (κ1) is 22.7. The smallest absolute Gasteiger partial charge is 0.234 e. The van der Waals surface area contributed by atoms with Gasteiger partial charge in [0, 0.05) is 25.8 Å².